The lowest BCUT2D eigenvalue weighted by Crippen LogP contribution is -2.44. The number of hydrogen-bond donors (Lipinski definition) is 1. The Kier molecular flexibility index (Phi) is 17.9. The molecule has 0 spiro atoms. The van der Waals surface area contributed by atoms with Crippen LogP contribution in [0.3, 0.4) is 0 Å². The van der Waals surface area contributed by atoms with Gasteiger partial charge in [0.1, 0.15) is 0 Å². The lowest BCUT2D eigenvalue weighted by molar-refractivity contribution is -0.137. The van der Waals surface area contributed by atoms with Crippen LogP contribution in [0.1, 0.15) is 104 Å². The van der Waals surface area contributed by atoms with Crippen molar-refractivity contribution in [3.05, 3.63) is 34.7 Å². The summed E-state index contributed by atoms with van der Waals surface area (Å²) >= 11 is 0. The van der Waals surface area contributed by atoms with E-state index in [2.05, 4.69) is 68.2 Å². The first-order valence-corrected chi connectivity index (χ1v) is 15.7. The molecule has 0 aromatic rings. The van der Waals surface area contributed by atoms with E-state index in [0.717, 1.165) is 44.9 Å². The molecule has 0 radical (unpaired) electrons. The van der Waals surface area contributed by atoms with Gasteiger partial charge < -0.3 is 9.53 Å². The Hall–Kier alpha value is -1.56. The van der Waals surface area contributed by atoms with Crippen LogP contribution in [0.25, 0.3) is 10.4 Å². The second kappa shape index (κ2) is 18.8. The van der Waals surface area contributed by atoms with Gasteiger partial charge in [-0.1, -0.05) is 69.5 Å². The number of nitrogens with zero attached hydrogens (tertiary/aromatic N) is 3. The van der Waals surface area contributed by atoms with Crippen molar-refractivity contribution in [2.75, 3.05) is 6.54 Å². The number of hydrogen-bond acceptors (Lipinski definition) is 3. The highest BCUT2D eigenvalue weighted by Crippen LogP contribution is 2.37. The zero-order chi connectivity index (χ0) is 25.0. The molecule has 0 saturated heterocycles. The average molecular weight is 480 g/mol. The van der Waals surface area contributed by atoms with E-state index in [0.29, 0.717) is 6.54 Å². The predicted octanol–water partition coefficient (Wildman–Crippen LogP) is 8.96. The Bertz CT molecular complexity index is 621. The maximum Gasteiger partial charge on any atom is 0.303 e. The van der Waals surface area contributed by atoms with Crippen molar-refractivity contribution in [1.82, 2.24) is 0 Å². The highest BCUT2D eigenvalue weighted by atomic mass is 28.4. The normalized spacial score (nSPS) is 13.5. The molecule has 0 aliphatic heterocycles. The molecule has 1 N–H and O–H groups in total. The Morgan fingerprint density at radius 1 is 0.939 bits per heavy atom. The van der Waals surface area contributed by atoms with E-state index in [9.17, 15) is 4.79 Å². The SMILES string of the molecule is CC(C)(C)[Si](C)(C)O[C@@H](CCC/C=C\CCCCCCC/C=C\CCCC(=O)O)CN=[N+]=[N-]. The van der Waals surface area contributed by atoms with Gasteiger partial charge >= 0.3 is 5.97 Å². The molecule has 190 valence electrons. The molecule has 7 heteroatoms. The third kappa shape index (κ3) is 18.5. The summed E-state index contributed by atoms with van der Waals surface area (Å²) < 4.78 is 6.46. The van der Waals surface area contributed by atoms with Gasteiger partial charge in [-0.3, -0.25) is 4.79 Å². The highest BCUT2D eigenvalue weighted by Gasteiger charge is 2.38. The molecule has 0 heterocycles. The van der Waals surface area contributed by atoms with Crippen molar-refractivity contribution >= 4 is 14.3 Å². The van der Waals surface area contributed by atoms with E-state index in [1.165, 1.54) is 32.1 Å². The van der Waals surface area contributed by atoms with Crippen LogP contribution in [0.2, 0.25) is 18.1 Å². The molecular weight excluding hydrogens is 430 g/mol. The predicted molar refractivity (Wildman–Crippen MR) is 142 cm³/mol. The molecule has 0 amide bonds. The van der Waals surface area contributed by atoms with E-state index in [4.69, 9.17) is 15.1 Å². The first kappa shape index (κ1) is 31.4. The number of carboxylic acids is 1. The summed E-state index contributed by atoms with van der Waals surface area (Å²) in [6.07, 6.45) is 22.4. The fourth-order valence-corrected chi connectivity index (χ4v) is 4.65. The van der Waals surface area contributed by atoms with Crippen molar-refractivity contribution in [3.8, 4) is 0 Å². The number of rotatable bonds is 20. The minimum Gasteiger partial charge on any atom is -0.481 e. The van der Waals surface area contributed by atoms with Crippen LogP contribution in [0.15, 0.2) is 29.4 Å². The second-order valence-corrected chi connectivity index (χ2v) is 15.2. The van der Waals surface area contributed by atoms with Crippen molar-refractivity contribution < 1.29 is 14.3 Å². The van der Waals surface area contributed by atoms with Gasteiger partial charge in [0.05, 0.1) is 12.6 Å². The zero-order valence-electron chi connectivity index (χ0n) is 21.9. The molecule has 0 aliphatic rings. The molecular formula is C26H49N3O3Si. The van der Waals surface area contributed by atoms with Gasteiger partial charge in [0, 0.05) is 11.3 Å². The van der Waals surface area contributed by atoms with Crippen LogP contribution in [0.4, 0.5) is 0 Å². The molecule has 0 aromatic heterocycles. The standard InChI is InChI=1S/C26H49N3O3Si/c1-26(2,3)33(4,5)32-24(23-28-29-27)21-19-17-15-13-11-9-7-6-8-10-12-14-16-18-20-22-25(30)31/h13-16,24H,6-12,17-23H2,1-5H3,(H,30,31)/b15-13-,16-14-/t24-/m0/s1. The highest BCUT2D eigenvalue weighted by molar-refractivity contribution is 6.74. The van der Waals surface area contributed by atoms with Gasteiger partial charge in [-0.05, 0) is 81.5 Å². The number of unbranched alkanes of at least 4 members (excludes halogenated alkanes) is 8. The lowest BCUT2D eigenvalue weighted by Gasteiger charge is -2.39. The van der Waals surface area contributed by atoms with Gasteiger partial charge in [-0.15, -0.1) is 0 Å². The summed E-state index contributed by atoms with van der Waals surface area (Å²) in [4.78, 5) is 13.4. The third-order valence-corrected chi connectivity index (χ3v) is 10.9. The van der Waals surface area contributed by atoms with E-state index in [-0.39, 0.29) is 17.6 Å². The second-order valence-electron chi connectivity index (χ2n) is 10.4. The Morgan fingerprint density at radius 3 is 1.91 bits per heavy atom. The van der Waals surface area contributed by atoms with Gasteiger partial charge in [0.25, 0.3) is 0 Å². The van der Waals surface area contributed by atoms with Crippen molar-refractivity contribution in [1.29, 1.82) is 0 Å². The van der Waals surface area contributed by atoms with Crippen LogP contribution in [-0.2, 0) is 9.22 Å². The molecule has 0 rings (SSSR count). The summed E-state index contributed by atoms with van der Waals surface area (Å²) in [6.45, 7) is 11.6. The number of aliphatic carboxylic acids is 1. The Morgan fingerprint density at radius 2 is 1.42 bits per heavy atom. The summed E-state index contributed by atoms with van der Waals surface area (Å²) in [5.41, 5.74) is 8.68. The van der Waals surface area contributed by atoms with E-state index in [1.807, 2.05) is 0 Å². The van der Waals surface area contributed by atoms with Crippen LogP contribution in [0, 0.1) is 0 Å². The fourth-order valence-electron chi connectivity index (χ4n) is 3.27. The number of carbonyl (C=O) groups is 1. The minimum atomic E-state index is -1.86. The molecule has 0 fully saturated rings. The summed E-state index contributed by atoms with van der Waals surface area (Å²) in [7, 11) is -1.86. The molecule has 33 heavy (non-hydrogen) atoms. The smallest absolute Gasteiger partial charge is 0.303 e. The van der Waals surface area contributed by atoms with Gasteiger partial charge in [-0.2, -0.15) is 0 Å². The molecule has 0 saturated carbocycles. The zero-order valence-corrected chi connectivity index (χ0v) is 22.9. The Balaban J connectivity index is 3.81. The summed E-state index contributed by atoms with van der Waals surface area (Å²) in [5, 5.41) is 12.5. The lowest BCUT2D eigenvalue weighted by atomic mass is 10.1. The first-order chi connectivity index (χ1) is 15.6. The maximum absolute atomic E-state index is 10.4. The van der Waals surface area contributed by atoms with Gasteiger partial charge in [0.2, 0.25) is 0 Å². The molecule has 0 aromatic carbocycles. The van der Waals surface area contributed by atoms with Crippen molar-refractivity contribution in [2.45, 2.75) is 128 Å². The van der Waals surface area contributed by atoms with Gasteiger partial charge in [0.15, 0.2) is 8.32 Å². The van der Waals surface area contributed by atoms with Crippen LogP contribution in [0.5, 0.6) is 0 Å². The first-order valence-electron chi connectivity index (χ1n) is 12.8. The maximum atomic E-state index is 10.4. The van der Waals surface area contributed by atoms with Gasteiger partial charge in [-0.25, -0.2) is 0 Å². The van der Waals surface area contributed by atoms with E-state index >= 15 is 0 Å². The fraction of sp³-hybridized carbons (Fsp3) is 0.808. The number of allylic oxidation sites excluding steroid dienone is 4. The minimum absolute atomic E-state index is 0.0229. The van der Waals surface area contributed by atoms with Crippen molar-refractivity contribution in [3.63, 3.8) is 0 Å². The van der Waals surface area contributed by atoms with Crippen molar-refractivity contribution in [2.24, 2.45) is 5.11 Å². The number of azide groups is 1. The molecule has 1 atom stereocenters. The molecule has 0 aliphatic carbocycles. The van der Waals surface area contributed by atoms with Crippen LogP contribution >= 0.6 is 0 Å². The third-order valence-electron chi connectivity index (χ3n) is 6.35. The molecule has 6 nitrogen and oxygen atoms in total. The largest absolute Gasteiger partial charge is 0.481 e. The topological polar surface area (TPSA) is 95.3 Å². The van der Waals surface area contributed by atoms with Crippen LogP contribution < -0.4 is 0 Å². The summed E-state index contributed by atoms with van der Waals surface area (Å²) in [5.74, 6) is -0.708. The monoisotopic (exact) mass is 479 g/mol. The Labute approximate surface area is 203 Å². The molecule has 0 unspecified atom stereocenters. The van der Waals surface area contributed by atoms with Crippen LogP contribution in [-0.4, -0.2) is 32.0 Å². The van der Waals surface area contributed by atoms with E-state index < -0.39 is 14.3 Å². The van der Waals surface area contributed by atoms with E-state index in [1.54, 1.807) is 0 Å². The number of carboxylic acid groups (broad SMARTS) is 1. The average Bonchev–Trinajstić information content (AvgIpc) is 2.72. The summed E-state index contributed by atoms with van der Waals surface area (Å²) in [6, 6.07) is 0. The molecule has 0 bridgehead atoms. The quantitative estimate of drug-likeness (QED) is 0.0471.